The van der Waals surface area contributed by atoms with E-state index in [1.165, 1.54) is 18.4 Å². The average Bonchev–Trinajstić information content (AvgIpc) is 3.16. The number of carboxylic acid groups (broad SMARTS) is 1. The lowest BCUT2D eigenvalue weighted by Gasteiger charge is -2.12. The van der Waals surface area contributed by atoms with Crippen LogP contribution in [-0.4, -0.2) is 34.2 Å². The van der Waals surface area contributed by atoms with Crippen molar-refractivity contribution in [2.45, 2.75) is 0 Å². The number of aliphatic carboxylic acids is 1. The maximum absolute atomic E-state index is 12.9. The SMILES string of the molecule is COc1cc(C=c2sc3nc4ccccc4n3c2=O)cc(Br)c1OCC(=O)O. The number of thiazole rings is 1. The minimum Gasteiger partial charge on any atom is -0.493 e. The number of aromatic nitrogens is 2. The maximum atomic E-state index is 12.9. The van der Waals surface area contributed by atoms with E-state index in [1.807, 2.05) is 24.3 Å². The van der Waals surface area contributed by atoms with Crippen LogP contribution < -0.4 is 19.6 Å². The molecule has 0 atom stereocenters. The molecule has 2 aromatic heterocycles. The number of imidazole rings is 1. The number of ether oxygens (including phenoxy) is 2. The van der Waals surface area contributed by atoms with Gasteiger partial charge in [0.05, 0.1) is 27.1 Å². The Morgan fingerprint density at radius 2 is 2.14 bits per heavy atom. The minimum atomic E-state index is -1.09. The molecule has 9 heteroatoms. The second-order valence-electron chi connectivity index (χ2n) is 5.85. The Hall–Kier alpha value is -2.91. The summed E-state index contributed by atoms with van der Waals surface area (Å²) in [6, 6.07) is 10.9. The second kappa shape index (κ2) is 7.25. The number of hydrogen-bond donors (Lipinski definition) is 1. The van der Waals surface area contributed by atoms with E-state index in [0.717, 1.165) is 11.0 Å². The number of benzene rings is 2. The molecule has 0 spiro atoms. The van der Waals surface area contributed by atoms with E-state index >= 15 is 0 Å². The molecule has 2 heterocycles. The molecular weight excluding hydrogens is 448 g/mol. The lowest BCUT2D eigenvalue weighted by Crippen LogP contribution is -2.22. The molecule has 0 aliphatic rings. The van der Waals surface area contributed by atoms with Crippen LogP contribution in [0.15, 0.2) is 45.7 Å². The van der Waals surface area contributed by atoms with Crippen LogP contribution in [0, 0.1) is 0 Å². The molecule has 0 saturated carbocycles. The highest BCUT2D eigenvalue weighted by molar-refractivity contribution is 9.10. The monoisotopic (exact) mass is 460 g/mol. The van der Waals surface area contributed by atoms with Gasteiger partial charge in [-0.1, -0.05) is 23.5 Å². The number of halogens is 1. The summed E-state index contributed by atoms with van der Waals surface area (Å²) in [6.45, 7) is -0.488. The summed E-state index contributed by atoms with van der Waals surface area (Å²) in [4.78, 5) is 28.7. The van der Waals surface area contributed by atoms with Crippen LogP contribution in [0.1, 0.15) is 5.56 Å². The van der Waals surface area contributed by atoms with Gasteiger partial charge in [-0.15, -0.1) is 0 Å². The summed E-state index contributed by atoms with van der Waals surface area (Å²) in [5, 5.41) is 8.80. The van der Waals surface area contributed by atoms with Gasteiger partial charge in [0.25, 0.3) is 5.56 Å². The van der Waals surface area contributed by atoms with Crippen molar-refractivity contribution in [1.29, 1.82) is 0 Å². The van der Waals surface area contributed by atoms with Crippen LogP contribution in [0.5, 0.6) is 11.5 Å². The van der Waals surface area contributed by atoms with Crippen LogP contribution in [-0.2, 0) is 4.79 Å². The molecule has 0 fully saturated rings. The van der Waals surface area contributed by atoms with E-state index in [9.17, 15) is 9.59 Å². The predicted octanol–water partition coefficient (Wildman–Crippen LogP) is 2.69. The second-order valence-corrected chi connectivity index (χ2v) is 7.71. The zero-order valence-corrected chi connectivity index (χ0v) is 16.9. The summed E-state index contributed by atoms with van der Waals surface area (Å²) >= 11 is 4.67. The smallest absolute Gasteiger partial charge is 0.341 e. The molecule has 0 saturated heterocycles. The van der Waals surface area contributed by atoms with Crippen molar-refractivity contribution in [2.24, 2.45) is 0 Å². The Balaban J connectivity index is 1.82. The Morgan fingerprint density at radius 1 is 1.36 bits per heavy atom. The van der Waals surface area contributed by atoms with Gasteiger partial charge >= 0.3 is 5.97 Å². The van der Waals surface area contributed by atoms with Gasteiger partial charge < -0.3 is 14.6 Å². The quantitative estimate of drug-likeness (QED) is 0.492. The van der Waals surface area contributed by atoms with Gasteiger partial charge in [0.1, 0.15) is 0 Å². The molecule has 4 aromatic rings. The maximum Gasteiger partial charge on any atom is 0.341 e. The Bertz CT molecular complexity index is 1330. The van der Waals surface area contributed by atoms with Crippen molar-refractivity contribution < 1.29 is 19.4 Å². The van der Waals surface area contributed by atoms with E-state index in [2.05, 4.69) is 20.9 Å². The van der Waals surface area contributed by atoms with Crippen molar-refractivity contribution >= 4 is 55.3 Å². The third-order valence-electron chi connectivity index (χ3n) is 4.03. The topological polar surface area (TPSA) is 90.1 Å². The molecule has 1 N–H and O–H groups in total. The molecule has 142 valence electrons. The average molecular weight is 461 g/mol. The van der Waals surface area contributed by atoms with Gasteiger partial charge in [-0.3, -0.25) is 4.79 Å². The van der Waals surface area contributed by atoms with Crippen LogP contribution in [0.25, 0.3) is 22.1 Å². The predicted molar refractivity (Wildman–Crippen MR) is 109 cm³/mol. The van der Waals surface area contributed by atoms with E-state index in [0.29, 0.717) is 25.3 Å². The molecule has 0 aliphatic heterocycles. The first-order valence-electron chi connectivity index (χ1n) is 8.12. The standard InChI is InChI=1S/C19H13BrN2O5S/c1-26-14-7-10(6-11(20)17(14)27-9-16(23)24)8-15-18(25)22-13-5-3-2-4-12(13)21-19(22)28-15/h2-8H,9H2,1H3,(H,23,24). The zero-order chi connectivity index (χ0) is 19.8. The zero-order valence-electron chi connectivity index (χ0n) is 14.5. The molecule has 0 unspecified atom stereocenters. The number of hydrogen-bond acceptors (Lipinski definition) is 6. The molecule has 0 amide bonds. The van der Waals surface area contributed by atoms with Gasteiger partial charge in [-0.2, -0.15) is 0 Å². The number of methoxy groups -OCH3 is 1. The van der Waals surface area contributed by atoms with Crippen LogP contribution in [0.2, 0.25) is 0 Å². The molecular formula is C19H13BrN2O5S. The van der Waals surface area contributed by atoms with Crippen LogP contribution in [0.4, 0.5) is 0 Å². The number of carboxylic acids is 1. The van der Waals surface area contributed by atoms with E-state index in [1.54, 1.807) is 22.6 Å². The molecule has 7 nitrogen and oxygen atoms in total. The van der Waals surface area contributed by atoms with Gasteiger partial charge in [-0.25, -0.2) is 14.2 Å². The van der Waals surface area contributed by atoms with Gasteiger partial charge in [0, 0.05) is 0 Å². The van der Waals surface area contributed by atoms with Crippen LogP contribution >= 0.6 is 27.3 Å². The summed E-state index contributed by atoms with van der Waals surface area (Å²) in [7, 11) is 1.46. The molecule has 0 radical (unpaired) electrons. The summed E-state index contributed by atoms with van der Waals surface area (Å²) in [5.74, 6) is -0.438. The summed E-state index contributed by atoms with van der Waals surface area (Å²) in [5.41, 5.74) is 2.11. The number of para-hydroxylation sites is 2. The highest BCUT2D eigenvalue weighted by Crippen LogP contribution is 2.36. The first-order chi connectivity index (χ1) is 13.5. The minimum absolute atomic E-state index is 0.144. The Kier molecular flexibility index (Phi) is 4.78. The molecule has 2 aromatic carbocycles. The first-order valence-corrected chi connectivity index (χ1v) is 9.72. The number of carbonyl (C=O) groups is 1. The lowest BCUT2D eigenvalue weighted by molar-refractivity contribution is -0.139. The van der Waals surface area contributed by atoms with Crippen molar-refractivity contribution in [2.75, 3.05) is 13.7 Å². The highest BCUT2D eigenvalue weighted by Gasteiger charge is 2.14. The fourth-order valence-corrected chi connectivity index (χ4v) is 4.42. The highest BCUT2D eigenvalue weighted by atomic mass is 79.9. The fourth-order valence-electron chi connectivity index (χ4n) is 2.86. The third-order valence-corrected chi connectivity index (χ3v) is 5.59. The Morgan fingerprint density at radius 3 is 2.89 bits per heavy atom. The largest absolute Gasteiger partial charge is 0.493 e. The third kappa shape index (κ3) is 3.23. The van der Waals surface area contributed by atoms with E-state index in [4.69, 9.17) is 14.6 Å². The van der Waals surface area contributed by atoms with Gasteiger partial charge in [-0.05, 0) is 51.8 Å². The van der Waals surface area contributed by atoms with Crippen LogP contribution in [0.3, 0.4) is 0 Å². The lowest BCUT2D eigenvalue weighted by atomic mass is 10.2. The molecule has 0 aliphatic carbocycles. The van der Waals surface area contributed by atoms with E-state index < -0.39 is 12.6 Å². The summed E-state index contributed by atoms with van der Waals surface area (Å²) in [6.07, 6.45) is 1.74. The number of nitrogens with zero attached hydrogens (tertiary/aromatic N) is 2. The van der Waals surface area contributed by atoms with Gasteiger partial charge in [0.15, 0.2) is 23.1 Å². The van der Waals surface area contributed by atoms with E-state index in [-0.39, 0.29) is 11.3 Å². The van der Waals surface area contributed by atoms with Crippen molar-refractivity contribution in [3.8, 4) is 11.5 Å². The van der Waals surface area contributed by atoms with Crippen molar-refractivity contribution in [3.05, 3.63) is 61.3 Å². The molecule has 0 bridgehead atoms. The number of fused-ring (bicyclic) bond motifs is 3. The van der Waals surface area contributed by atoms with Crippen molar-refractivity contribution in [3.63, 3.8) is 0 Å². The normalized spacial score (nSPS) is 12.0. The summed E-state index contributed by atoms with van der Waals surface area (Å²) < 4.78 is 13.2. The fraction of sp³-hybridized carbons (Fsp3) is 0.105. The first kappa shape index (κ1) is 18.5. The Labute approximate surface area is 170 Å². The number of rotatable bonds is 5. The van der Waals surface area contributed by atoms with Crippen molar-refractivity contribution in [1.82, 2.24) is 9.38 Å². The van der Waals surface area contributed by atoms with Gasteiger partial charge in [0.2, 0.25) is 0 Å². The molecule has 28 heavy (non-hydrogen) atoms. The molecule has 4 rings (SSSR count).